The van der Waals surface area contributed by atoms with Crippen LogP contribution in [0.3, 0.4) is 0 Å². The molecule has 1 amide bonds. The molecule has 0 aliphatic carbocycles. The van der Waals surface area contributed by atoms with Crippen LogP contribution < -0.4 is 16.1 Å². The maximum absolute atomic E-state index is 12.0. The third kappa shape index (κ3) is 4.01. The van der Waals surface area contributed by atoms with E-state index in [1.807, 2.05) is 18.2 Å². The highest BCUT2D eigenvalue weighted by Gasteiger charge is 2.53. The van der Waals surface area contributed by atoms with Crippen molar-refractivity contribution < 1.29 is 34.4 Å². The number of benzene rings is 1. The Bertz CT molecular complexity index is 1110. The Kier molecular flexibility index (Phi) is 5.80. The monoisotopic (exact) mass is 446 g/mol. The molecule has 13 nitrogen and oxygen atoms in total. The summed E-state index contributed by atoms with van der Waals surface area (Å²) in [6.45, 7) is 0.894. The second-order valence-corrected chi connectivity index (χ2v) is 7.36. The van der Waals surface area contributed by atoms with E-state index in [2.05, 4.69) is 20.4 Å². The van der Waals surface area contributed by atoms with Gasteiger partial charge in [-0.2, -0.15) is 15.4 Å². The quantitative estimate of drug-likeness (QED) is 0.311. The Morgan fingerprint density at radius 1 is 1.34 bits per heavy atom. The highest BCUT2D eigenvalue weighted by molar-refractivity contribution is 5.78. The molecule has 4 atom stereocenters. The first-order valence-electron chi connectivity index (χ1n) is 9.61. The smallest absolute Gasteiger partial charge is 0.440 e. The van der Waals surface area contributed by atoms with Crippen LogP contribution in [-0.2, 0) is 16.1 Å². The van der Waals surface area contributed by atoms with Crippen LogP contribution in [0.5, 0.6) is 5.88 Å². The maximum Gasteiger partial charge on any atom is 0.440 e. The number of aliphatic hydroxyl groups is 3. The van der Waals surface area contributed by atoms with Gasteiger partial charge in [0.05, 0.1) is 12.9 Å². The van der Waals surface area contributed by atoms with Gasteiger partial charge in [-0.15, -0.1) is 0 Å². The number of hydrogen-bond acceptors (Lipinski definition) is 11. The molecule has 13 heteroatoms. The number of carbonyl (C=O) groups is 1. The van der Waals surface area contributed by atoms with Crippen molar-refractivity contribution in [2.75, 3.05) is 12.3 Å². The lowest BCUT2D eigenvalue weighted by Crippen LogP contribution is -2.44. The molecule has 0 unspecified atom stereocenters. The number of anilines is 1. The number of hydrogen-bond donors (Lipinski definition) is 5. The number of nitrogens with zero attached hydrogens (tertiary/aromatic N) is 4. The van der Waals surface area contributed by atoms with Crippen molar-refractivity contribution >= 4 is 23.2 Å². The van der Waals surface area contributed by atoms with E-state index in [4.69, 9.17) is 20.0 Å². The van der Waals surface area contributed by atoms with E-state index >= 15 is 0 Å². The minimum atomic E-state index is -1.76. The average molecular weight is 446 g/mol. The van der Waals surface area contributed by atoms with Gasteiger partial charge < -0.3 is 35.4 Å². The molecule has 1 aliphatic heterocycles. The van der Waals surface area contributed by atoms with Gasteiger partial charge in [-0.25, -0.2) is 9.78 Å². The zero-order valence-corrected chi connectivity index (χ0v) is 17.0. The molecular weight excluding hydrogens is 424 g/mol. The van der Waals surface area contributed by atoms with E-state index in [0.29, 0.717) is 0 Å². The second kappa shape index (κ2) is 8.55. The van der Waals surface area contributed by atoms with Crippen LogP contribution in [-0.4, -0.2) is 65.3 Å². The zero-order valence-electron chi connectivity index (χ0n) is 17.0. The van der Waals surface area contributed by atoms with Gasteiger partial charge in [0.2, 0.25) is 5.95 Å². The number of carbonyl (C=O) groups excluding carboxylic acids is 1. The molecule has 1 fully saturated rings. The highest BCUT2D eigenvalue weighted by atomic mass is 16.7. The lowest BCUT2D eigenvalue weighted by molar-refractivity contribution is -0.0950. The number of aliphatic hydroxyl groups excluding tert-OH is 2. The lowest BCUT2D eigenvalue weighted by atomic mass is 9.96. The third-order valence-electron chi connectivity index (χ3n) is 5.04. The summed E-state index contributed by atoms with van der Waals surface area (Å²) in [7, 11) is 0. The van der Waals surface area contributed by atoms with Gasteiger partial charge in [0.25, 0.3) is 5.88 Å². The van der Waals surface area contributed by atoms with Crippen molar-refractivity contribution in [3.05, 3.63) is 42.2 Å². The largest absolute Gasteiger partial charge is 0.443 e. The number of rotatable bonds is 6. The third-order valence-corrected chi connectivity index (χ3v) is 5.04. The number of nitrogens with one attached hydrogen (secondary N) is 1. The van der Waals surface area contributed by atoms with Crippen LogP contribution in [0.2, 0.25) is 0 Å². The van der Waals surface area contributed by atoms with Crippen molar-refractivity contribution in [1.29, 1.82) is 0 Å². The Morgan fingerprint density at radius 2 is 2.09 bits per heavy atom. The van der Waals surface area contributed by atoms with Gasteiger partial charge in [-0.05, 0) is 12.5 Å². The summed E-state index contributed by atoms with van der Waals surface area (Å²) in [4.78, 5) is 29.3. The second-order valence-electron chi connectivity index (χ2n) is 7.36. The Balaban J connectivity index is 1.52. The maximum atomic E-state index is 12.0. The van der Waals surface area contributed by atoms with Gasteiger partial charge >= 0.3 is 6.09 Å². The van der Waals surface area contributed by atoms with Gasteiger partial charge in [0, 0.05) is 0 Å². The lowest BCUT2D eigenvalue weighted by Gasteiger charge is -2.27. The molecule has 0 spiro atoms. The van der Waals surface area contributed by atoms with Crippen molar-refractivity contribution in [2.45, 2.75) is 37.6 Å². The summed E-state index contributed by atoms with van der Waals surface area (Å²) in [6, 6.07) is 9.08. The number of amides is 1. The molecule has 3 heterocycles. The van der Waals surface area contributed by atoms with Gasteiger partial charge in [-0.3, -0.25) is 4.57 Å². The highest BCUT2D eigenvalue weighted by Crippen LogP contribution is 2.39. The molecule has 6 N–H and O–H groups in total. The number of nitrogens with two attached hydrogens (primary N) is 1. The molecule has 4 rings (SSSR count). The molecule has 170 valence electrons. The topological polar surface area (TPSA) is 187 Å². The molecule has 3 aromatic rings. The Hall–Kier alpha value is -3.52. The molecule has 1 aliphatic rings. The molecule has 0 radical (unpaired) electrons. The zero-order chi connectivity index (χ0) is 22.9. The number of ether oxygens (including phenoxy) is 2. The van der Waals surface area contributed by atoms with E-state index in [9.17, 15) is 20.1 Å². The minimum absolute atomic E-state index is 0.0361. The number of nitrogen functional groups attached to an aromatic ring is 1. The van der Waals surface area contributed by atoms with Gasteiger partial charge in [0.1, 0.15) is 24.4 Å². The van der Waals surface area contributed by atoms with Crippen LogP contribution in [0.15, 0.2) is 36.7 Å². The summed E-state index contributed by atoms with van der Waals surface area (Å²) in [5.41, 5.74) is 7.10. The van der Waals surface area contributed by atoms with Crippen LogP contribution >= 0.6 is 0 Å². The van der Waals surface area contributed by atoms with E-state index in [-0.39, 0.29) is 29.6 Å². The fourth-order valence-corrected chi connectivity index (χ4v) is 3.38. The fraction of sp³-hybridized carbons (Fsp3) is 0.368. The average Bonchev–Trinajstić information content (AvgIpc) is 3.29. The molecule has 0 saturated carbocycles. The van der Waals surface area contributed by atoms with Gasteiger partial charge in [0.15, 0.2) is 17.4 Å². The van der Waals surface area contributed by atoms with Crippen LogP contribution in [0, 0.1) is 0 Å². The number of fused-ring (bicyclic) bond motifs is 1. The Labute approximate surface area is 181 Å². The molecule has 2 aromatic heterocycles. The predicted octanol–water partition coefficient (Wildman–Crippen LogP) is -0.370. The normalized spacial score (nSPS) is 25.1. The predicted molar refractivity (Wildman–Crippen MR) is 108 cm³/mol. The van der Waals surface area contributed by atoms with Crippen LogP contribution in [0.1, 0.15) is 18.7 Å². The fourth-order valence-electron chi connectivity index (χ4n) is 3.38. The first-order valence-corrected chi connectivity index (χ1v) is 9.61. The van der Waals surface area contributed by atoms with E-state index in [1.165, 1.54) is 17.8 Å². The summed E-state index contributed by atoms with van der Waals surface area (Å²) in [6.07, 6.45) is -3.08. The summed E-state index contributed by atoms with van der Waals surface area (Å²) >= 11 is 0. The molecule has 0 bridgehead atoms. The van der Waals surface area contributed by atoms with E-state index in [1.54, 1.807) is 12.1 Å². The number of imidazole rings is 1. The summed E-state index contributed by atoms with van der Waals surface area (Å²) < 4.78 is 12.0. The molecule has 1 saturated heterocycles. The number of hydroxylamine groups is 1. The Morgan fingerprint density at radius 3 is 2.78 bits per heavy atom. The minimum Gasteiger partial charge on any atom is -0.443 e. The van der Waals surface area contributed by atoms with Crippen molar-refractivity contribution in [2.24, 2.45) is 0 Å². The first kappa shape index (κ1) is 21.7. The van der Waals surface area contributed by atoms with Crippen molar-refractivity contribution in [1.82, 2.24) is 25.0 Å². The summed E-state index contributed by atoms with van der Waals surface area (Å²) in [5, 5.41) is 30.3. The number of aromatic nitrogens is 4. The first-order chi connectivity index (χ1) is 15.3. The molecular formula is C19H22N6O7. The van der Waals surface area contributed by atoms with Crippen molar-refractivity contribution in [3.63, 3.8) is 0 Å². The van der Waals surface area contributed by atoms with E-state index < -0.39 is 36.7 Å². The SMILES string of the molecule is C[C@@]1(O)[C@H](O)[C@@H](CO)O[C@H]1n1cnc2c(ONC(=O)OCc3ccccc3)nc(N)nc21. The van der Waals surface area contributed by atoms with Crippen LogP contribution in [0.4, 0.5) is 10.7 Å². The van der Waals surface area contributed by atoms with E-state index in [0.717, 1.165) is 5.56 Å². The van der Waals surface area contributed by atoms with Crippen molar-refractivity contribution in [3.8, 4) is 5.88 Å². The summed E-state index contributed by atoms with van der Waals surface area (Å²) in [5.74, 6) is -0.370. The molecule has 1 aromatic carbocycles. The standard InChI is InChI=1S/C19H22N6O7/c1-19(29)13(27)11(7-26)31-16(19)25-9-21-12-14(25)22-17(20)23-15(12)32-24-18(28)30-8-10-5-3-2-4-6-10/h2-6,9,11,13,16,26-27,29H,7-8H2,1H3,(H,24,28)(H2,20,22,23)/t11-,13-,16-,19-/m1/s1. The molecule has 32 heavy (non-hydrogen) atoms. The van der Waals surface area contributed by atoms with Crippen LogP contribution in [0.25, 0.3) is 11.2 Å². The van der Waals surface area contributed by atoms with Gasteiger partial charge in [-0.1, -0.05) is 30.3 Å².